The highest BCUT2D eigenvalue weighted by molar-refractivity contribution is 6.30. The van der Waals surface area contributed by atoms with Crippen molar-refractivity contribution >= 4 is 51.9 Å². The SMILES string of the molecule is Cc1ccc2oc(C(=O)Nc3ccc(Cl)cn3)c(NC(=O)C3CCC(C(=O)N(C)C)CC3)c2n1. The van der Waals surface area contributed by atoms with Crippen LogP contribution in [0.15, 0.2) is 34.9 Å². The number of hydrogen-bond acceptors (Lipinski definition) is 6. The van der Waals surface area contributed by atoms with Crippen LogP contribution in [0.2, 0.25) is 5.02 Å². The molecule has 0 aromatic carbocycles. The van der Waals surface area contributed by atoms with Crippen LogP contribution < -0.4 is 10.6 Å². The van der Waals surface area contributed by atoms with E-state index in [9.17, 15) is 14.4 Å². The highest BCUT2D eigenvalue weighted by atomic mass is 35.5. The number of pyridine rings is 2. The molecule has 34 heavy (non-hydrogen) atoms. The fraction of sp³-hybridized carbons (Fsp3) is 0.375. The Hall–Kier alpha value is -3.46. The van der Waals surface area contributed by atoms with Crippen LogP contribution in [0, 0.1) is 18.8 Å². The van der Waals surface area contributed by atoms with Gasteiger partial charge in [0.05, 0.1) is 5.02 Å². The number of fused-ring (bicyclic) bond motifs is 1. The molecule has 3 aromatic heterocycles. The number of furan rings is 1. The smallest absolute Gasteiger partial charge is 0.294 e. The number of nitrogens with zero attached hydrogens (tertiary/aromatic N) is 3. The maximum atomic E-state index is 13.1. The predicted octanol–water partition coefficient (Wildman–Crippen LogP) is 4.27. The second-order valence-electron chi connectivity index (χ2n) is 8.69. The van der Waals surface area contributed by atoms with Gasteiger partial charge in [-0.25, -0.2) is 9.97 Å². The summed E-state index contributed by atoms with van der Waals surface area (Å²) in [4.78, 5) is 48.5. The first-order valence-corrected chi connectivity index (χ1v) is 11.5. The highest BCUT2D eigenvalue weighted by Gasteiger charge is 2.32. The topological polar surface area (TPSA) is 117 Å². The molecule has 0 radical (unpaired) electrons. The molecule has 0 atom stereocenters. The first-order valence-electron chi connectivity index (χ1n) is 11.1. The van der Waals surface area contributed by atoms with Crippen molar-refractivity contribution in [1.29, 1.82) is 0 Å². The van der Waals surface area contributed by atoms with E-state index in [1.165, 1.54) is 6.20 Å². The minimum atomic E-state index is -0.568. The zero-order chi connectivity index (χ0) is 24.4. The summed E-state index contributed by atoms with van der Waals surface area (Å²) in [6.45, 7) is 1.82. The van der Waals surface area contributed by atoms with E-state index in [0.29, 0.717) is 47.6 Å². The molecule has 0 unspecified atom stereocenters. The minimum absolute atomic E-state index is 0.0605. The number of nitrogens with one attached hydrogen (secondary N) is 2. The van der Waals surface area contributed by atoms with E-state index in [-0.39, 0.29) is 35.1 Å². The Morgan fingerprint density at radius 1 is 1.03 bits per heavy atom. The van der Waals surface area contributed by atoms with Crippen LogP contribution in [0.4, 0.5) is 11.5 Å². The summed E-state index contributed by atoms with van der Waals surface area (Å²) in [5, 5.41) is 5.98. The number of rotatable bonds is 5. The molecule has 0 spiro atoms. The molecule has 1 aliphatic carbocycles. The summed E-state index contributed by atoms with van der Waals surface area (Å²) in [5.41, 5.74) is 1.73. The number of amides is 3. The number of carbonyl (C=O) groups is 3. The van der Waals surface area contributed by atoms with Crippen LogP contribution in [0.5, 0.6) is 0 Å². The summed E-state index contributed by atoms with van der Waals surface area (Å²) >= 11 is 5.86. The van der Waals surface area contributed by atoms with Crippen LogP contribution in [-0.4, -0.2) is 46.7 Å². The lowest BCUT2D eigenvalue weighted by Crippen LogP contribution is -2.35. The fourth-order valence-electron chi connectivity index (χ4n) is 4.17. The van der Waals surface area contributed by atoms with Gasteiger partial charge in [0.2, 0.25) is 17.6 Å². The third-order valence-corrected chi connectivity index (χ3v) is 6.21. The van der Waals surface area contributed by atoms with E-state index in [2.05, 4.69) is 20.6 Å². The molecule has 1 aliphatic rings. The molecule has 3 amide bonds. The lowest BCUT2D eigenvalue weighted by molar-refractivity contribution is -0.135. The van der Waals surface area contributed by atoms with Gasteiger partial charge in [0, 0.05) is 37.8 Å². The van der Waals surface area contributed by atoms with E-state index in [0.717, 1.165) is 5.69 Å². The van der Waals surface area contributed by atoms with Gasteiger partial charge in [-0.2, -0.15) is 0 Å². The van der Waals surface area contributed by atoms with Gasteiger partial charge in [-0.15, -0.1) is 0 Å². The summed E-state index contributed by atoms with van der Waals surface area (Å²) < 4.78 is 5.78. The van der Waals surface area contributed by atoms with E-state index in [1.807, 2.05) is 6.92 Å². The normalized spacial score (nSPS) is 17.9. The summed E-state index contributed by atoms with van der Waals surface area (Å²) in [6, 6.07) is 6.65. The van der Waals surface area contributed by atoms with E-state index in [4.69, 9.17) is 16.0 Å². The quantitative estimate of drug-likeness (QED) is 0.559. The van der Waals surface area contributed by atoms with Gasteiger partial charge >= 0.3 is 0 Å². The average Bonchev–Trinajstić information content (AvgIpc) is 3.17. The number of halogens is 1. The van der Waals surface area contributed by atoms with Crippen molar-refractivity contribution in [3.8, 4) is 0 Å². The van der Waals surface area contributed by atoms with Gasteiger partial charge < -0.3 is 20.0 Å². The van der Waals surface area contributed by atoms with Gasteiger partial charge in [-0.05, 0) is 56.9 Å². The lowest BCUT2D eigenvalue weighted by atomic mass is 9.81. The van der Waals surface area contributed by atoms with Gasteiger partial charge in [0.25, 0.3) is 5.91 Å². The van der Waals surface area contributed by atoms with Crippen molar-refractivity contribution < 1.29 is 18.8 Å². The van der Waals surface area contributed by atoms with Gasteiger partial charge in [0.15, 0.2) is 5.58 Å². The number of hydrogen-bond donors (Lipinski definition) is 2. The molecule has 1 saturated carbocycles. The summed E-state index contributed by atoms with van der Waals surface area (Å²) in [6.07, 6.45) is 3.90. The summed E-state index contributed by atoms with van der Waals surface area (Å²) in [7, 11) is 3.48. The second kappa shape index (κ2) is 9.80. The van der Waals surface area contributed by atoms with Gasteiger partial charge in [-0.1, -0.05) is 11.6 Å². The van der Waals surface area contributed by atoms with Crippen molar-refractivity contribution in [1.82, 2.24) is 14.9 Å². The molecule has 0 aliphatic heterocycles. The molecule has 10 heteroatoms. The molecule has 9 nitrogen and oxygen atoms in total. The van der Waals surface area contributed by atoms with Gasteiger partial charge in [0.1, 0.15) is 17.0 Å². The maximum absolute atomic E-state index is 13.1. The largest absolute Gasteiger partial charge is 0.447 e. The van der Waals surface area contributed by atoms with Crippen molar-refractivity contribution in [2.75, 3.05) is 24.7 Å². The predicted molar refractivity (Wildman–Crippen MR) is 129 cm³/mol. The Balaban J connectivity index is 1.55. The Labute approximate surface area is 201 Å². The number of aromatic nitrogens is 2. The average molecular weight is 484 g/mol. The zero-order valence-electron chi connectivity index (χ0n) is 19.2. The lowest BCUT2D eigenvalue weighted by Gasteiger charge is -2.28. The zero-order valence-corrected chi connectivity index (χ0v) is 20.0. The molecule has 3 aromatic rings. The third-order valence-electron chi connectivity index (χ3n) is 5.98. The molecule has 1 fully saturated rings. The monoisotopic (exact) mass is 483 g/mol. The third kappa shape index (κ3) is 5.04. The van der Waals surface area contributed by atoms with E-state index in [1.54, 1.807) is 43.3 Å². The molecular formula is C24H26ClN5O4. The highest BCUT2D eigenvalue weighted by Crippen LogP contribution is 2.34. The molecule has 178 valence electrons. The Bertz CT molecular complexity index is 1230. The standard InChI is InChI=1S/C24H26ClN5O4/c1-13-4-10-17-19(27-13)20(21(34-17)23(32)28-18-11-9-16(25)12-26-18)29-22(31)14-5-7-15(8-6-14)24(33)30(2)3/h4,9-12,14-15H,5-8H2,1-3H3,(H,29,31)(H,26,28,32). The Kier molecular flexibility index (Phi) is 6.83. The van der Waals surface area contributed by atoms with Crippen LogP contribution in [0.3, 0.4) is 0 Å². The molecule has 2 N–H and O–H groups in total. The Morgan fingerprint density at radius 3 is 2.38 bits per heavy atom. The number of anilines is 2. The van der Waals surface area contributed by atoms with Crippen LogP contribution >= 0.6 is 11.6 Å². The van der Waals surface area contributed by atoms with Crippen LogP contribution in [-0.2, 0) is 9.59 Å². The van der Waals surface area contributed by atoms with Crippen LogP contribution in [0.1, 0.15) is 41.9 Å². The first-order chi connectivity index (χ1) is 16.2. The molecule has 0 saturated heterocycles. The molecule has 0 bridgehead atoms. The minimum Gasteiger partial charge on any atom is -0.447 e. The second-order valence-corrected chi connectivity index (χ2v) is 9.13. The van der Waals surface area contributed by atoms with Gasteiger partial charge in [-0.3, -0.25) is 14.4 Å². The van der Waals surface area contributed by atoms with Crippen molar-refractivity contribution in [2.45, 2.75) is 32.6 Å². The molecular weight excluding hydrogens is 458 g/mol. The van der Waals surface area contributed by atoms with E-state index >= 15 is 0 Å². The van der Waals surface area contributed by atoms with E-state index < -0.39 is 5.91 Å². The fourth-order valence-corrected chi connectivity index (χ4v) is 4.28. The van der Waals surface area contributed by atoms with Crippen LogP contribution in [0.25, 0.3) is 11.1 Å². The number of carbonyl (C=O) groups excluding carboxylic acids is 3. The van der Waals surface area contributed by atoms with Crippen molar-refractivity contribution in [3.05, 3.63) is 46.9 Å². The first kappa shape index (κ1) is 23.7. The number of aryl methyl sites for hydroxylation is 1. The maximum Gasteiger partial charge on any atom is 0.294 e. The molecule has 3 heterocycles. The van der Waals surface area contributed by atoms with Crippen molar-refractivity contribution in [2.24, 2.45) is 11.8 Å². The molecule has 4 rings (SSSR count). The summed E-state index contributed by atoms with van der Waals surface area (Å²) in [5.74, 6) is -0.799. The Morgan fingerprint density at radius 2 is 1.74 bits per heavy atom. The van der Waals surface area contributed by atoms with Crippen molar-refractivity contribution in [3.63, 3.8) is 0 Å².